The highest BCUT2D eigenvalue weighted by Crippen LogP contribution is 2.18. The summed E-state index contributed by atoms with van der Waals surface area (Å²) in [5, 5.41) is 18.7. The second kappa shape index (κ2) is 6.86. The molecule has 1 aromatic carbocycles. The normalized spacial score (nSPS) is 10.5. The number of aromatic amines is 1. The lowest BCUT2D eigenvalue weighted by atomic mass is 10.1. The van der Waals surface area contributed by atoms with Crippen LogP contribution in [-0.4, -0.2) is 37.8 Å². The number of carboxylic acids is 1. The zero-order valence-electron chi connectivity index (χ0n) is 12.5. The highest BCUT2D eigenvalue weighted by Gasteiger charge is 2.14. The van der Waals surface area contributed by atoms with Gasteiger partial charge in [0.25, 0.3) is 0 Å². The summed E-state index contributed by atoms with van der Waals surface area (Å²) in [4.78, 5) is 19.6. The molecule has 3 rings (SSSR count). The lowest BCUT2D eigenvalue weighted by Gasteiger charge is -2.09. The van der Waals surface area contributed by atoms with E-state index >= 15 is 0 Å². The van der Waals surface area contributed by atoms with E-state index < -0.39 is 5.97 Å². The third-order valence-electron chi connectivity index (χ3n) is 3.37. The van der Waals surface area contributed by atoms with Crippen molar-refractivity contribution in [1.82, 2.24) is 20.2 Å². The van der Waals surface area contributed by atoms with Gasteiger partial charge in [-0.3, -0.25) is 5.10 Å². The molecule has 0 aliphatic rings. The second-order valence-electron chi connectivity index (χ2n) is 5.05. The molecule has 7 nitrogen and oxygen atoms in total. The summed E-state index contributed by atoms with van der Waals surface area (Å²) in [5.74, 6) is -0.850. The SMILES string of the molecule is O=C(O)c1cnc(-c2cn[nH]c2)nc1NCCc1cccc(F)c1. The molecule has 2 aromatic heterocycles. The lowest BCUT2D eigenvalue weighted by molar-refractivity contribution is 0.0697. The number of nitrogens with zero attached hydrogens (tertiary/aromatic N) is 3. The third kappa shape index (κ3) is 3.54. The molecule has 8 heteroatoms. The van der Waals surface area contributed by atoms with Gasteiger partial charge >= 0.3 is 5.97 Å². The Labute approximate surface area is 136 Å². The molecule has 0 spiro atoms. The van der Waals surface area contributed by atoms with Crippen molar-refractivity contribution in [3.8, 4) is 11.4 Å². The van der Waals surface area contributed by atoms with E-state index in [-0.39, 0.29) is 17.2 Å². The Kier molecular flexibility index (Phi) is 4.46. The molecule has 0 aliphatic heterocycles. The van der Waals surface area contributed by atoms with Crippen LogP contribution in [0.2, 0.25) is 0 Å². The minimum Gasteiger partial charge on any atom is -0.477 e. The summed E-state index contributed by atoms with van der Waals surface area (Å²) in [6, 6.07) is 6.26. The van der Waals surface area contributed by atoms with Gasteiger partial charge in [0.15, 0.2) is 5.82 Å². The average molecular weight is 327 g/mol. The van der Waals surface area contributed by atoms with Crippen LogP contribution in [0.5, 0.6) is 0 Å². The summed E-state index contributed by atoms with van der Waals surface area (Å²) >= 11 is 0. The van der Waals surface area contributed by atoms with Crippen LogP contribution >= 0.6 is 0 Å². The number of carboxylic acid groups (broad SMARTS) is 1. The van der Waals surface area contributed by atoms with Crippen molar-refractivity contribution in [3.05, 3.63) is 59.8 Å². The summed E-state index contributed by atoms with van der Waals surface area (Å²) in [6.07, 6.45) is 4.95. The number of hydrogen-bond acceptors (Lipinski definition) is 5. The first-order chi connectivity index (χ1) is 11.6. The molecule has 0 saturated carbocycles. The van der Waals surface area contributed by atoms with Crippen molar-refractivity contribution in [2.45, 2.75) is 6.42 Å². The van der Waals surface area contributed by atoms with E-state index in [1.54, 1.807) is 24.5 Å². The summed E-state index contributed by atoms with van der Waals surface area (Å²) in [6.45, 7) is 0.408. The van der Waals surface area contributed by atoms with Crippen molar-refractivity contribution < 1.29 is 14.3 Å². The van der Waals surface area contributed by atoms with Gasteiger partial charge in [0.2, 0.25) is 0 Å². The zero-order valence-corrected chi connectivity index (χ0v) is 12.5. The number of benzene rings is 1. The first-order valence-electron chi connectivity index (χ1n) is 7.21. The van der Waals surface area contributed by atoms with Crippen LogP contribution < -0.4 is 5.32 Å². The first kappa shape index (κ1) is 15.6. The molecule has 0 atom stereocenters. The highest BCUT2D eigenvalue weighted by atomic mass is 19.1. The molecule has 122 valence electrons. The van der Waals surface area contributed by atoms with Gasteiger partial charge in [-0.1, -0.05) is 12.1 Å². The maximum Gasteiger partial charge on any atom is 0.341 e. The predicted molar refractivity (Wildman–Crippen MR) is 85.2 cm³/mol. The monoisotopic (exact) mass is 327 g/mol. The third-order valence-corrected chi connectivity index (χ3v) is 3.37. The number of aromatic nitrogens is 4. The molecule has 0 aliphatic carbocycles. The van der Waals surface area contributed by atoms with Crippen LogP contribution in [0.4, 0.5) is 10.2 Å². The number of rotatable bonds is 6. The summed E-state index contributed by atoms with van der Waals surface area (Å²) in [5.41, 5.74) is 1.44. The number of halogens is 1. The fourth-order valence-electron chi connectivity index (χ4n) is 2.20. The van der Waals surface area contributed by atoms with Crippen molar-refractivity contribution in [3.63, 3.8) is 0 Å². The Morgan fingerprint density at radius 1 is 1.33 bits per heavy atom. The van der Waals surface area contributed by atoms with Crippen molar-refractivity contribution >= 4 is 11.8 Å². The van der Waals surface area contributed by atoms with Gasteiger partial charge in [0, 0.05) is 18.9 Å². The van der Waals surface area contributed by atoms with Gasteiger partial charge in [0.1, 0.15) is 17.2 Å². The Balaban J connectivity index is 1.77. The minimum atomic E-state index is -1.12. The molecule has 0 radical (unpaired) electrons. The topological polar surface area (TPSA) is 104 Å². The predicted octanol–water partition coefficient (Wildman–Crippen LogP) is 2.36. The van der Waals surface area contributed by atoms with E-state index in [1.165, 1.54) is 18.3 Å². The standard InChI is InChI=1S/C16H14FN5O2/c17-12-3-1-2-10(6-12)4-5-18-15-13(16(23)24)9-19-14(22-15)11-7-20-21-8-11/h1-3,6-9H,4-5H2,(H,20,21)(H,23,24)(H,18,19,22). The molecule has 24 heavy (non-hydrogen) atoms. The average Bonchev–Trinajstić information content (AvgIpc) is 3.09. The maximum atomic E-state index is 13.2. The smallest absolute Gasteiger partial charge is 0.341 e. The minimum absolute atomic E-state index is 0.0264. The number of nitrogens with one attached hydrogen (secondary N) is 2. The van der Waals surface area contributed by atoms with Gasteiger partial charge in [-0.15, -0.1) is 0 Å². The fourth-order valence-corrected chi connectivity index (χ4v) is 2.20. The lowest BCUT2D eigenvalue weighted by Crippen LogP contribution is -2.12. The highest BCUT2D eigenvalue weighted by molar-refractivity contribution is 5.93. The van der Waals surface area contributed by atoms with E-state index in [9.17, 15) is 14.3 Å². The van der Waals surface area contributed by atoms with E-state index in [2.05, 4.69) is 25.5 Å². The number of anilines is 1. The molecule has 0 unspecified atom stereocenters. The molecule has 3 aromatic rings. The molecular weight excluding hydrogens is 313 g/mol. The Bertz CT molecular complexity index is 851. The molecule has 2 heterocycles. The van der Waals surface area contributed by atoms with E-state index in [0.29, 0.717) is 24.4 Å². The van der Waals surface area contributed by atoms with Gasteiger partial charge in [0.05, 0.1) is 11.8 Å². The molecular formula is C16H14FN5O2. The van der Waals surface area contributed by atoms with Gasteiger partial charge in [-0.25, -0.2) is 19.2 Å². The Morgan fingerprint density at radius 3 is 2.92 bits per heavy atom. The molecule has 0 saturated heterocycles. The zero-order chi connectivity index (χ0) is 16.9. The van der Waals surface area contributed by atoms with Gasteiger partial charge < -0.3 is 10.4 Å². The number of H-pyrrole nitrogens is 1. The Morgan fingerprint density at radius 2 is 2.21 bits per heavy atom. The van der Waals surface area contributed by atoms with Crippen LogP contribution in [-0.2, 0) is 6.42 Å². The largest absolute Gasteiger partial charge is 0.477 e. The Hall–Kier alpha value is -3.29. The number of hydrogen-bond donors (Lipinski definition) is 3. The van der Waals surface area contributed by atoms with Crippen molar-refractivity contribution in [2.75, 3.05) is 11.9 Å². The molecule has 0 bridgehead atoms. The van der Waals surface area contributed by atoms with Crippen molar-refractivity contribution in [2.24, 2.45) is 0 Å². The van der Waals surface area contributed by atoms with Crippen molar-refractivity contribution in [1.29, 1.82) is 0 Å². The summed E-state index contributed by atoms with van der Waals surface area (Å²) < 4.78 is 13.2. The molecule has 0 amide bonds. The summed E-state index contributed by atoms with van der Waals surface area (Å²) in [7, 11) is 0. The van der Waals surface area contributed by atoms with Crippen LogP contribution in [0.1, 0.15) is 15.9 Å². The molecule has 3 N–H and O–H groups in total. The number of carbonyl (C=O) groups is 1. The molecule has 0 fully saturated rings. The van der Waals surface area contributed by atoms with Gasteiger partial charge in [-0.2, -0.15) is 5.10 Å². The van der Waals surface area contributed by atoms with E-state index in [1.807, 2.05) is 0 Å². The van der Waals surface area contributed by atoms with Crippen LogP contribution in [0.15, 0.2) is 42.9 Å². The fraction of sp³-hybridized carbons (Fsp3) is 0.125. The van der Waals surface area contributed by atoms with E-state index in [0.717, 1.165) is 5.56 Å². The quantitative estimate of drug-likeness (QED) is 0.642. The maximum absolute atomic E-state index is 13.2. The first-order valence-corrected chi connectivity index (χ1v) is 7.21. The van der Waals surface area contributed by atoms with Crippen LogP contribution in [0.25, 0.3) is 11.4 Å². The second-order valence-corrected chi connectivity index (χ2v) is 5.05. The van der Waals surface area contributed by atoms with Crippen LogP contribution in [0, 0.1) is 5.82 Å². The van der Waals surface area contributed by atoms with Crippen LogP contribution in [0.3, 0.4) is 0 Å². The van der Waals surface area contributed by atoms with E-state index in [4.69, 9.17) is 0 Å². The van der Waals surface area contributed by atoms with Gasteiger partial charge in [-0.05, 0) is 24.1 Å². The number of aromatic carboxylic acids is 1.